The molecule has 1 aromatic heterocycles. The highest BCUT2D eigenvalue weighted by Gasteiger charge is 2.36. The van der Waals surface area contributed by atoms with Gasteiger partial charge in [0.1, 0.15) is 18.1 Å². The van der Waals surface area contributed by atoms with Crippen molar-refractivity contribution in [3.8, 4) is 11.3 Å². The van der Waals surface area contributed by atoms with Crippen molar-refractivity contribution in [2.45, 2.75) is 0 Å². The minimum Gasteiger partial charge on any atom is -0.468 e. The molecule has 28 heavy (non-hydrogen) atoms. The van der Waals surface area contributed by atoms with Crippen molar-refractivity contribution in [1.29, 1.82) is 0 Å². The van der Waals surface area contributed by atoms with Gasteiger partial charge in [0.05, 0.1) is 22.0 Å². The number of non-ortho nitro benzene ring substituents is 1. The van der Waals surface area contributed by atoms with Crippen molar-refractivity contribution in [3.05, 3.63) is 56.1 Å². The van der Waals surface area contributed by atoms with Crippen LogP contribution in [-0.4, -0.2) is 40.6 Å². The molecule has 2 amide bonds. The molecule has 11 heteroatoms. The Hall–Kier alpha value is -3.11. The zero-order valence-corrected chi connectivity index (χ0v) is 15.8. The van der Waals surface area contributed by atoms with Gasteiger partial charge in [0.15, 0.2) is 0 Å². The number of nitro groups is 1. The van der Waals surface area contributed by atoms with Crippen LogP contribution in [0.15, 0.2) is 39.7 Å². The van der Waals surface area contributed by atoms with Gasteiger partial charge in [0.2, 0.25) is 0 Å². The van der Waals surface area contributed by atoms with Crippen LogP contribution >= 0.6 is 23.4 Å². The third-order valence-corrected chi connectivity index (χ3v) is 4.95. The average Bonchev–Trinajstić information content (AvgIpc) is 3.22. The molecule has 0 bridgehead atoms. The van der Waals surface area contributed by atoms with Crippen LogP contribution in [0.3, 0.4) is 0 Å². The van der Waals surface area contributed by atoms with Gasteiger partial charge in [0, 0.05) is 23.8 Å². The molecule has 2 aromatic rings. The first-order valence-electron chi connectivity index (χ1n) is 7.66. The number of hydrogen-bond donors (Lipinski definition) is 0. The van der Waals surface area contributed by atoms with Gasteiger partial charge in [-0.05, 0) is 30.0 Å². The molecule has 1 fully saturated rings. The van der Waals surface area contributed by atoms with E-state index >= 15 is 0 Å². The monoisotopic (exact) mass is 422 g/mol. The van der Waals surface area contributed by atoms with Gasteiger partial charge in [0.25, 0.3) is 16.8 Å². The number of ether oxygens (including phenoxy) is 1. The number of thioether (sulfide) groups is 1. The van der Waals surface area contributed by atoms with E-state index in [9.17, 15) is 24.5 Å². The quantitative estimate of drug-likeness (QED) is 0.309. The molecule has 0 atom stereocenters. The SMILES string of the molecule is COC(=O)CN1C(=O)S/C(=C\c2ccc(-c3cc([N+](=O)[O-])ccc3Cl)o2)C1=O. The molecule has 0 spiro atoms. The highest BCUT2D eigenvalue weighted by Crippen LogP contribution is 2.35. The Kier molecular flexibility index (Phi) is 5.52. The molecule has 3 rings (SSSR count). The average molecular weight is 423 g/mol. The molecule has 1 aliphatic heterocycles. The number of benzene rings is 1. The fourth-order valence-corrected chi connectivity index (χ4v) is 3.38. The normalized spacial score (nSPS) is 15.4. The lowest BCUT2D eigenvalue weighted by Gasteiger charge is -2.09. The summed E-state index contributed by atoms with van der Waals surface area (Å²) in [6.07, 6.45) is 1.34. The van der Waals surface area contributed by atoms with Gasteiger partial charge >= 0.3 is 5.97 Å². The van der Waals surface area contributed by atoms with Gasteiger partial charge in [-0.2, -0.15) is 0 Å². The number of rotatable bonds is 5. The van der Waals surface area contributed by atoms with Crippen LogP contribution in [0.25, 0.3) is 17.4 Å². The van der Waals surface area contributed by atoms with Gasteiger partial charge in [-0.3, -0.25) is 29.4 Å². The van der Waals surface area contributed by atoms with E-state index < -0.39 is 28.6 Å². The second-order valence-corrected chi connectivity index (χ2v) is 6.87. The number of carbonyl (C=O) groups is 3. The molecule has 0 radical (unpaired) electrons. The van der Waals surface area contributed by atoms with Gasteiger partial charge in [-0.15, -0.1) is 0 Å². The van der Waals surface area contributed by atoms with E-state index in [2.05, 4.69) is 4.74 Å². The molecule has 1 aromatic carbocycles. The number of hydrogen-bond acceptors (Lipinski definition) is 8. The summed E-state index contributed by atoms with van der Waals surface area (Å²) < 4.78 is 10.1. The lowest BCUT2D eigenvalue weighted by Crippen LogP contribution is -2.34. The van der Waals surface area contributed by atoms with Crippen molar-refractivity contribution >= 4 is 52.2 Å². The van der Waals surface area contributed by atoms with E-state index in [0.717, 1.165) is 12.0 Å². The van der Waals surface area contributed by atoms with E-state index in [4.69, 9.17) is 16.0 Å². The summed E-state index contributed by atoms with van der Waals surface area (Å²) in [5.74, 6) is -0.870. The van der Waals surface area contributed by atoms with Gasteiger partial charge in [-0.1, -0.05) is 11.6 Å². The maximum atomic E-state index is 12.3. The van der Waals surface area contributed by atoms with E-state index in [1.807, 2.05) is 0 Å². The fourth-order valence-electron chi connectivity index (χ4n) is 2.35. The number of imide groups is 1. The molecule has 1 saturated heterocycles. The van der Waals surface area contributed by atoms with Crippen LogP contribution in [-0.2, 0) is 14.3 Å². The molecule has 0 unspecified atom stereocenters. The van der Waals surface area contributed by atoms with Crippen molar-refractivity contribution in [2.24, 2.45) is 0 Å². The Morgan fingerprint density at radius 1 is 1.36 bits per heavy atom. The molecule has 0 saturated carbocycles. The second kappa shape index (κ2) is 7.87. The molecular weight excluding hydrogens is 412 g/mol. The summed E-state index contributed by atoms with van der Waals surface area (Å²) in [7, 11) is 1.15. The van der Waals surface area contributed by atoms with E-state index in [1.54, 1.807) is 0 Å². The smallest absolute Gasteiger partial charge is 0.325 e. The predicted molar refractivity (Wildman–Crippen MR) is 101 cm³/mol. The molecule has 0 aliphatic carbocycles. The Bertz CT molecular complexity index is 1030. The molecular formula is C17H11ClN2O7S. The Labute approximate surface area is 167 Å². The maximum absolute atomic E-state index is 12.3. The summed E-state index contributed by atoms with van der Waals surface area (Å²) in [6, 6.07) is 6.99. The van der Waals surface area contributed by atoms with Crippen LogP contribution in [0, 0.1) is 10.1 Å². The first-order valence-corrected chi connectivity index (χ1v) is 8.86. The summed E-state index contributed by atoms with van der Waals surface area (Å²) in [6.45, 7) is -0.481. The minimum atomic E-state index is -0.718. The summed E-state index contributed by atoms with van der Waals surface area (Å²) in [4.78, 5) is 46.7. The zero-order valence-electron chi connectivity index (χ0n) is 14.2. The highest BCUT2D eigenvalue weighted by atomic mass is 35.5. The number of amides is 2. The summed E-state index contributed by atoms with van der Waals surface area (Å²) in [5, 5.41) is 10.6. The van der Waals surface area contributed by atoms with Crippen molar-refractivity contribution in [3.63, 3.8) is 0 Å². The van der Waals surface area contributed by atoms with Crippen LogP contribution in [0.2, 0.25) is 5.02 Å². The Morgan fingerprint density at radius 2 is 2.11 bits per heavy atom. The van der Waals surface area contributed by atoms with Crippen LogP contribution in [0.1, 0.15) is 5.76 Å². The Morgan fingerprint density at radius 3 is 2.79 bits per heavy atom. The van der Waals surface area contributed by atoms with E-state index in [0.29, 0.717) is 17.3 Å². The van der Waals surface area contributed by atoms with Gasteiger partial charge in [-0.25, -0.2) is 0 Å². The van der Waals surface area contributed by atoms with Crippen LogP contribution in [0.4, 0.5) is 10.5 Å². The van der Waals surface area contributed by atoms with Crippen molar-refractivity contribution in [1.82, 2.24) is 4.90 Å². The Balaban J connectivity index is 1.86. The van der Waals surface area contributed by atoms with Crippen molar-refractivity contribution in [2.75, 3.05) is 13.7 Å². The minimum absolute atomic E-state index is 0.0694. The number of carbonyl (C=O) groups excluding carboxylic acids is 3. The van der Waals surface area contributed by atoms with Crippen LogP contribution < -0.4 is 0 Å². The predicted octanol–water partition coefficient (Wildman–Crippen LogP) is 3.72. The zero-order chi connectivity index (χ0) is 20.4. The standard InChI is InChI=1S/C17H11ClN2O7S/c1-26-15(21)8-19-16(22)14(28-17(19)23)7-10-3-5-13(27-10)11-6-9(20(24)25)2-4-12(11)18/h2-7H,8H2,1H3/b14-7-. The molecule has 1 aliphatic rings. The van der Waals surface area contributed by atoms with E-state index in [-0.39, 0.29) is 27.1 Å². The number of nitrogens with zero attached hydrogens (tertiary/aromatic N) is 2. The largest absolute Gasteiger partial charge is 0.468 e. The summed E-state index contributed by atoms with van der Waals surface area (Å²) >= 11 is 6.75. The first kappa shape index (κ1) is 19.6. The number of halogens is 1. The third-order valence-electron chi connectivity index (χ3n) is 3.71. The van der Waals surface area contributed by atoms with Crippen molar-refractivity contribution < 1.29 is 28.5 Å². The topological polar surface area (TPSA) is 120 Å². The van der Waals surface area contributed by atoms with E-state index in [1.165, 1.54) is 36.4 Å². The second-order valence-electron chi connectivity index (χ2n) is 5.47. The maximum Gasteiger partial charge on any atom is 0.325 e. The lowest BCUT2D eigenvalue weighted by atomic mass is 10.1. The fraction of sp³-hybridized carbons (Fsp3) is 0.118. The molecule has 2 heterocycles. The first-order chi connectivity index (χ1) is 13.3. The number of methoxy groups -OCH3 is 1. The summed E-state index contributed by atoms with van der Waals surface area (Å²) in [5.41, 5.74) is 0.163. The lowest BCUT2D eigenvalue weighted by molar-refractivity contribution is -0.384. The number of furan rings is 1. The van der Waals surface area contributed by atoms with Crippen LogP contribution in [0.5, 0.6) is 0 Å². The highest BCUT2D eigenvalue weighted by molar-refractivity contribution is 8.18. The molecule has 9 nitrogen and oxygen atoms in total. The molecule has 0 N–H and O–H groups in total. The van der Waals surface area contributed by atoms with Gasteiger partial charge < -0.3 is 9.15 Å². The number of esters is 1. The number of nitro benzene ring substituents is 1. The molecule has 144 valence electrons. The third kappa shape index (κ3) is 3.92.